The summed E-state index contributed by atoms with van der Waals surface area (Å²) in [6.45, 7) is 0.566. The molecule has 2 heterocycles. The zero-order valence-corrected chi connectivity index (χ0v) is 7.20. The molecular weight excluding hydrogens is 190 g/mol. The van der Waals surface area contributed by atoms with E-state index in [9.17, 15) is 9.90 Å². The number of aliphatic hydroxyl groups excluding tert-OH is 1. The number of carboxylic acids is 1. The van der Waals surface area contributed by atoms with Crippen molar-refractivity contribution in [1.82, 2.24) is 15.0 Å². The smallest absolute Gasteiger partial charge is 0.358 e. The van der Waals surface area contributed by atoms with Gasteiger partial charge >= 0.3 is 5.97 Å². The van der Waals surface area contributed by atoms with E-state index in [0.29, 0.717) is 6.61 Å². The van der Waals surface area contributed by atoms with Gasteiger partial charge in [0.1, 0.15) is 12.1 Å². The lowest BCUT2D eigenvalue weighted by Gasteiger charge is -2.10. The van der Waals surface area contributed by atoms with Gasteiger partial charge < -0.3 is 14.9 Å². The quantitative estimate of drug-likeness (QED) is 0.628. The topological polar surface area (TPSA) is 97.5 Å². The first-order valence-electron chi connectivity index (χ1n) is 4.09. The third kappa shape index (κ3) is 1.47. The molecule has 14 heavy (non-hydrogen) atoms. The van der Waals surface area contributed by atoms with Crippen molar-refractivity contribution in [2.75, 3.05) is 13.2 Å². The summed E-state index contributed by atoms with van der Waals surface area (Å²) in [5.41, 5.74) is -0.135. The van der Waals surface area contributed by atoms with Crippen molar-refractivity contribution in [2.24, 2.45) is 0 Å². The fourth-order valence-electron chi connectivity index (χ4n) is 1.32. The minimum absolute atomic E-state index is 0.135. The second-order valence-corrected chi connectivity index (χ2v) is 3.06. The van der Waals surface area contributed by atoms with Crippen molar-refractivity contribution in [1.29, 1.82) is 0 Å². The molecule has 1 aliphatic rings. The van der Waals surface area contributed by atoms with Crippen LogP contribution in [0.15, 0.2) is 6.20 Å². The van der Waals surface area contributed by atoms with Gasteiger partial charge in [0.15, 0.2) is 5.69 Å². The molecule has 2 atom stereocenters. The predicted molar refractivity (Wildman–Crippen MR) is 42.8 cm³/mol. The van der Waals surface area contributed by atoms with Crippen LogP contribution in [0.1, 0.15) is 16.5 Å². The molecule has 7 heteroatoms. The summed E-state index contributed by atoms with van der Waals surface area (Å²) in [6, 6.07) is -0.337. The van der Waals surface area contributed by atoms with Crippen LogP contribution in [-0.2, 0) is 4.74 Å². The largest absolute Gasteiger partial charge is 0.476 e. The molecule has 1 aromatic rings. The molecule has 2 unspecified atom stereocenters. The summed E-state index contributed by atoms with van der Waals surface area (Å²) in [6.07, 6.45) is 0.628. The van der Waals surface area contributed by atoms with E-state index in [0.717, 1.165) is 0 Å². The van der Waals surface area contributed by atoms with Crippen molar-refractivity contribution >= 4 is 5.97 Å². The highest BCUT2D eigenvalue weighted by molar-refractivity contribution is 5.84. The number of hydrogen-bond acceptors (Lipinski definition) is 5. The van der Waals surface area contributed by atoms with E-state index in [4.69, 9.17) is 9.84 Å². The van der Waals surface area contributed by atoms with Crippen LogP contribution < -0.4 is 0 Å². The number of hydrogen-bond donors (Lipinski definition) is 2. The van der Waals surface area contributed by atoms with E-state index in [1.54, 1.807) is 0 Å². The van der Waals surface area contributed by atoms with Crippen LogP contribution >= 0.6 is 0 Å². The van der Waals surface area contributed by atoms with Crippen molar-refractivity contribution in [2.45, 2.75) is 12.1 Å². The van der Waals surface area contributed by atoms with Crippen LogP contribution in [0.3, 0.4) is 0 Å². The van der Waals surface area contributed by atoms with Crippen LogP contribution in [0.25, 0.3) is 0 Å². The highest BCUT2D eigenvalue weighted by atomic mass is 16.5. The molecule has 0 aromatic carbocycles. The van der Waals surface area contributed by atoms with Crippen molar-refractivity contribution < 1.29 is 19.7 Å². The molecule has 7 nitrogen and oxygen atoms in total. The van der Waals surface area contributed by atoms with Gasteiger partial charge in [-0.1, -0.05) is 5.21 Å². The van der Waals surface area contributed by atoms with Gasteiger partial charge in [0, 0.05) is 0 Å². The monoisotopic (exact) mass is 199 g/mol. The second kappa shape index (κ2) is 3.35. The molecular formula is C7H9N3O4. The van der Waals surface area contributed by atoms with E-state index < -0.39 is 12.1 Å². The molecule has 2 N–H and O–H groups in total. The molecule has 0 aliphatic carbocycles. The second-order valence-electron chi connectivity index (χ2n) is 3.06. The molecule has 0 spiro atoms. The predicted octanol–water partition coefficient (Wildman–Crippen LogP) is -1.09. The maximum atomic E-state index is 10.5. The van der Waals surface area contributed by atoms with Crippen LogP contribution in [-0.4, -0.2) is 50.5 Å². The van der Waals surface area contributed by atoms with E-state index >= 15 is 0 Å². The number of nitrogens with zero attached hydrogens (tertiary/aromatic N) is 3. The fourth-order valence-corrected chi connectivity index (χ4v) is 1.32. The van der Waals surface area contributed by atoms with Gasteiger partial charge in [0.05, 0.1) is 19.4 Å². The highest BCUT2D eigenvalue weighted by Crippen LogP contribution is 2.18. The van der Waals surface area contributed by atoms with Gasteiger partial charge in [-0.15, -0.1) is 5.10 Å². The Morgan fingerprint density at radius 2 is 2.43 bits per heavy atom. The highest BCUT2D eigenvalue weighted by Gasteiger charge is 2.29. The summed E-state index contributed by atoms with van der Waals surface area (Å²) < 4.78 is 6.33. The number of carbonyl (C=O) groups is 1. The summed E-state index contributed by atoms with van der Waals surface area (Å²) in [5.74, 6) is -1.13. The molecule has 76 valence electrons. The Kier molecular flexibility index (Phi) is 2.18. The van der Waals surface area contributed by atoms with Gasteiger partial charge in [0.2, 0.25) is 0 Å². The molecule has 0 amide bonds. The Balaban J connectivity index is 2.20. The van der Waals surface area contributed by atoms with Crippen LogP contribution in [0.2, 0.25) is 0 Å². The van der Waals surface area contributed by atoms with Crippen molar-refractivity contribution in [3.63, 3.8) is 0 Å². The molecule has 1 aromatic heterocycles. The zero-order valence-electron chi connectivity index (χ0n) is 7.20. The molecule has 1 aliphatic heterocycles. The maximum absolute atomic E-state index is 10.5. The Labute approximate surface area is 78.9 Å². The van der Waals surface area contributed by atoms with Gasteiger partial charge in [0.25, 0.3) is 0 Å². The molecule has 0 saturated carbocycles. The number of ether oxygens (including phenoxy) is 1. The zero-order chi connectivity index (χ0) is 10.1. The Morgan fingerprint density at radius 1 is 1.64 bits per heavy atom. The number of aromatic carboxylic acids is 1. The number of aromatic nitrogens is 3. The summed E-state index contributed by atoms with van der Waals surface area (Å²) in [7, 11) is 0. The number of rotatable bonds is 2. The average molecular weight is 199 g/mol. The summed E-state index contributed by atoms with van der Waals surface area (Å²) >= 11 is 0. The Bertz CT molecular complexity index is 350. The Hall–Kier alpha value is -1.47. The van der Waals surface area contributed by atoms with E-state index in [-0.39, 0.29) is 18.3 Å². The van der Waals surface area contributed by atoms with Crippen LogP contribution in [0.5, 0.6) is 0 Å². The third-order valence-electron chi connectivity index (χ3n) is 2.09. The summed E-state index contributed by atoms with van der Waals surface area (Å²) in [4.78, 5) is 10.5. The first-order chi connectivity index (χ1) is 6.68. The van der Waals surface area contributed by atoms with Gasteiger partial charge in [-0.25, -0.2) is 9.48 Å². The lowest BCUT2D eigenvalue weighted by Crippen LogP contribution is -2.22. The van der Waals surface area contributed by atoms with Gasteiger partial charge in [-0.3, -0.25) is 0 Å². The van der Waals surface area contributed by atoms with E-state index in [1.165, 1.54) is 10.9 Å². The molecule has 2 rings (SSSR count). The number of carboxylic acid groups (broad SMARTS) is 1. The first-order valence-corrected chi connectivity index (χ1v) is 4.09. The molecule has 1 saturated heterocycles. The third-order valence-corrected chi connectivity index (χ3v) is 2.09. The lowest BCUT2D eigenvalue weighted by atomic mass is 10.2. The van der Waals surface area contributed by atoms with Crippen molar-refractivity contribution in [3.8, 4) is 0 Å². The molecule has 1 fully saturated rings. The van der Waals surface area contributed by atoms with Crippen molar-refractivity contribution in [3.05, 3.63) is 11.9 Å². The number of aliphatic hydroxyl groups is 1. The van der Waals surface area contributed by atoms with Crippen LogP contribution in [0, 0.1) is 0 Å². The SMILES string of the molecule is O=C(O)c1cn(C2COCC2O)nn1. The fraction of sp³-hybridized carbons (Fsp3) is 0.571. The Morgan fingerprint density at radius 3 is 2.93 bits per heavy atom. The maximum Gasteiger partial charge on any atom is 0.358 e. The lowest BCUT2D eigenvalue weighted by molar-refractivity contribution is 0.0690. The first kappa shape index (κ1) is 9.10. The van der Waals surface area contributed by atoms with Gasteiger partial charge in [-0.05, 0) is 0 Å². The van der Waals surface area contributed by atoms with E-state index in [1.807, 2.05) is 0 Å². The van der Waals surface area contributed by atoms with E-state index in [2.05, 4.69) is 10.3 Å². The molecule has 0 radical (unpaired) electrons. The van der Waals surface area contributed by atoms with Gasteiger partial charge in [-0.2, -0.15) is 0 Å². The minimum atomic E-state index is -1.13. The minimum Gasteiger partial charge on any atom is -0.476 e. The van der Waals surface area contributed by atoms with Crippen LogP contribution in [0.4, 0.5) is 0 Å². The summed E-state index contributed by atoms with van der Waals surface area (Å²) in [5, 5.41) is 25.1. The average Bonchev–Trinajstić information content (AvgIpc) is 2.71. The molecule has 0 bridgehead atoms. The standard InChI is InChI=1S/C7H9N3O4/c11-6-3-14-2-5(6)10-1-4(7(12)13)8-9-10/h1,5-6,11H,2-3H2,(H,12,13). The normalized spacial score (nSPS) is 26.6.